The maximum atomic E-state index is 11.8. The van der Waals surface area contributed by atoms with E-state index in [9.17, 15) is 9.90 Å². The van der Waals surface area contributed by atoms with Gasteiger partial charge >= 0.3 is 5.97 Å². The molecular weight excluding hydrogens is 246 g/mol. The minimum absolute atomic E-state index is 0.0623. The molecule has 0 bridgehead atoms. The van der Waals surface area contributed by atoms with Crippen molar-refractivity contribution in [2.45, 2.75) is 6.10 Å². The van der Waals surface area contributed by atoms with Crippen molar-refractivity contribution in [3.63, 3.8) is 0 Å². The molecule has 0 radical (unpaired) electrons. The zero-order valence-corrected chi connectivity index (χ0v) is 10.3. The van der Waals surface area contributed by atoms with Crippen LogP contribution in [0.5, 0.6) is 11.5 Å². The normalized spacial score (nSPS) is 11.6. The molecule has 0 saturated carbocycles. The van der Waals surface area contributed by atoms with Crippen molar-refractivity contribution in [1.82, 2.24) is 4.98 Å². The third-order valence-corrected chi connectivity index (χ3v) is 2.47. The van der Waals surface area contributed by atoms with Gasteiger partial charge in [-0.2, -0.15) is 0 Å². The van der Waals surface area contributed by atoms with Crippen LogP contribution in [0.4, 0.5) is 0 Å². The molecule has 0 saturated heterocycles. The van der Waals surface area contributed by atoms with Gasteiger partial charge < -0.3 is 14.6 Å². The van der Waals surface area contributed by atoms with Gasteiger partial charge in [-0.15, -0.1) is 0 Å². The molecule has 0 fully saturated rings. The highest BCUT2D eigenvalue weighted by atomic mass is 16.6. The van der Waals surface area contributed by atoms with Crippen molar-refractivity contribution >= 4 is 5.97 Å². The average molecular weight is 259 g/mol. The van der Waals surface area contributed by atoms with E-state index < -0.39 is 12.1 Å². The first-order valence-electron chi connectivity index (χ1n) is 5.64. The molecule has 1 heterocycles. The number of ether oxygens (including phenoxy) is 2. The summed E-state index contributed by atoms with van der Waals surface area (Å²) in [5.41, 5.74) is 0.581. The van der Waals surface area contributed by atoms with Crippen molar-refractivity contribution in [3.8, 4) is 11.5 Å². The molecule has 5 nitrogen and oxygen atoms in total. The molecule has 5 heteroatoms. The van der Waals surface area contributed by atoms with Crippen molar-refractivity contribution in [1.29, 1.82) is 0 Å². The van der Waals surface area contributed by atoms with Gasteiger partial charge in [-0.05, 0) is 18.2 Å². The number of aromatic nitrogens is 1. The zero-order valence-electron chi connectivity index (χ0n) is 10.3. The summed E-state index contributed by atoms with van der Waals surface area (Å²) in [7, 11) is 1.29. The van der Waals surface area contributed by atoms with Crippen LogP contribution in [-0.2, 0) is 9.53 Å². The van der Waals surface area contributed by atoms with Crippen molar-refractivity contribution in [2.75, 3.05) is 7.11 Å². The Bertz CT molecular complexity index is 556. The van der Waals surface area contributed by atoms with Crippen molar-refractivity contribution < 1.29 is 19.4 Å². The van der Waals surface area contributed by atoms with E-state index in [-0.39, 0.29) is 5.75 Å². The molecule has 98 valence electrons. The Morgan fingerprint density at radius 2 is 2.16 bits per heavy atom. The fourth-order valence-electron chi connectivity index (χ4n) is 1.58. The Balaban J connectivity index is 2.27. The number of rotatable bonds is 4. The van der Waals surface area contributed by atoms with Crippen LogP contribution in [0.1, 0.15) is 11.7 Å². The van der Waals surface area contributed by atoms with Gasteiger partial charge in [0.05, 0.1) is 7.11 Å². The zero-order chi connectivity index (χ0) is 13.7. The molecule has 1 aromatic heterocycles. The molecule has 0 aliphatic rings. The Kier molecular flexibility index (Phi) is 3.97. The molecule has 1 unspecified atom stereocenters. The summed E-state index contributed by atoms with van der Waals surface area (Å²) in [5.74, 6) is -0.0945. The number of methoxy groups -OCH3 is 1. The van der Waals surface area contributed by atoms with Crippen LogP contribution >= 0.6 is 0 Å². The van der Waals surface area contributed by atoms with Crippen LogP contribution < -0.4 is 4.74 Å². The third kappa shape index (κ3) is 3.22. The molecule has 1 N–H and O–H groups in total. The van der Waals surface area contributed by atoms with E-state index in [1.165, 1.54) is 25.4 Å². The topological polar surface area (TPSA) is 68.7 Å². The lowest BCUT2D eigenvalue weighted by molar-refractivity contribution is -0.149. The summed E-state index contributed by atoms with van der Waals surface area (Å²) in [6.07, 6.45) is 2.22. The first kappa shape index (κ1) is 12.9. The van der Waals surface area contributed by atoms with E-state index in [0.717, 1.165) is 0 Å². The van der Waals surface area contributed by atoms with Gasteiger partial charge in [0.2, 0.25) is 6.10 Å². The summed E-state index contributed by atoms with van der Waals surface area (Å²) in [5, 5.41) is 9.38. The second-order valence-corrected chi connectivity index (χ2v) is 3.80. The number of nitrogens with zero attached hydrogens (tertiary/aromatic N) is 1. The first-order chi connectivity index (χ1) is 9.20. The second-order valence-electron chi connectivity index (χ2n) is 3.80. The van der Waals surface area contributed by atoms with E-state index in [1.807, 2.05) is 0 Å². The fraction of sp³-hybridized carbons (Fsp3) is 0.143. The van der Waals surface area contributed by atoms with E-state index in [0.29, 0.717) is 11.3 Å². The summed E-state index contributed by atoms with van der Waals surface area (Å²) >= 11 is 0. The van der Waals surface area contributed by atoms with E-state index in [1.54, 1.807) is 30.5 Å². The number of carbonyl (C=O) groups is 1. The maximum Gasteiger partial charge on any atom is 0.351 e. The number of phenolic OH excluding ortho intramolecular Hbond substituents is 1. The summed E-state index contributed by atoms with van der Waals surface area (Å²) in [6.45, 7) is 0. The predicted molar refractivity (Wildman–Crippen MR) is 67.7 cm³/mol. The summed E-state index contributed by atoms with van der Waals surface area (Å²) in [6, 6.07) is 9.64. The van der Waals surface area contributed by atoms with E-state index >= 15 is 0 Å². The molecule has 19 heavy (non-hydrogen) atoms. The Labute approximate surface area is 110 Å². The standard InChI is InChI=1S/C14H13NO4/c1-18-14(17)13(10-4-3-7-15-9-10)19-12-6-2-5-11(16)8-12/h2-9,13,16H,1H3. The molecule has 0 aliphatic carbocycles. The SMILES string of the molecule is COC(=O)C(Oc1cccc(O)c1)c1cccnc1. The molecule has 0 amide bonds. The molecular formula is C14H13NO4. The van der Waals surface area contributed by atoms with Crippen molar-refractivity contribution in [3.05, 3.63) is 54.4 Å². The first-order valence-corrected chi connectivity index (χ1v) is 5.64. The van der Waals surface area contributed by atoms with Gasteiger partial charge in [0.15, 0.2) is 0 Å². The number of esters is 1. The van der Waals surface area contributed by atoms with Crippen LogP contribution in [0.3, 0.4) is 0 Å². The number of phenols is 1. The van der Waals surface area contributed by atoms with Crippen LogP contribution in [0.2, 0.25) is 0 Å². The van der Waals surface area contributed by atoms with E-state index in [2.05, 4.69) is 4.98 Å². The van der Waals surface area contributed by atoms with Crippen LogP contribution in [0, 0.1) is 0 Å². The lowest BCUT2D eigenvalue weighted by Crippen LogP contribution is -2.20. The van der Waals surface area contributed by atoms with Crippen LogP contribution in [-0.4, -0.2) is 23.2 Å². The van der Waals surface area contributed by atoms with Gasteiger partial charge in [-0.3, -0.25) is 4.98 Å². The summed E-state index contributed by atoms with van der Waals surface area (Å²) < 4.78 is 10.3. The minimum Gasteiger partial charge on any atom is -0.508 e. The smallest absolute Gasteiger partial charge is 0.351 e. The fourth-order valence-corrected chi connectivity index (χ4v) is 1.58. The minimum atomic E-state index is -0.916. The lowest BCUT2D eigenvalue weighted by atomic mass is 10.1. The second kappa shape index (κ2) is 5.86. The summed E-state index contributed by atoms with van der Waals surface area (Å²) in [4.78, 5) is 15.7. The number of hydrogen-bond acceptors (Lipinski definition) is 5. The van der Waals surface area contributed by atoms with Crippen LogP contribution in [0.25, 0.3) is 0 Å². The number of carbonyl (C=O) groups excluding carboxylic acids is 1. The van der Waals surface area contributed by atoms with Gasteiger partial charge in [0, 0.05) is 24.0 Å². The van der Waals surface area contributed by atoms with Gasteiger partial charge in [-0.25, -0.2) is 4.79 Å². The predicted octanol–water partition coefficient (Wildman–Crippen LogP) is 2.08. The highest BCUT2D eigenvalue weighted by Gasteiger charge is 2.23. The molecule has 1 aromatic carbocycles. The molecule has 0 spiro atoms. The maximum absolute atomic E-state index is 11.8. The quantitative estimate of drug-likeness (QED) is 0.851. The average Bonchev–Trinajstić information content (AvgIpc) is 2.45. The number of hydrogen-bond donors (Lipinski definition) is 1. The highest BCUT2D eigenvalue weighted by Crippen LogP contribution is 2.25. The highest BCUT2D eigenvalue weighted by molar-refractivity contribution is 5.76. The Hall–Kier alpha value is -2.56. The van der Waals surface area contributed by atoms with Gasteiger partial charge in [-0.1, -0.05) is 12.1 Å². The monoisotopic (exact) mass is 259 g/mol. The van der Waals surface area contributed by atoms with E-state index in [4.69, 9.17) is 9.47 Å². The third-order valence-electron chi connectivity index (χ3n) is 2.47. The Morgan fingerprint density at radius 3 is 2.79 bits per heavy atom. The molecule has 2 aromatic rings. The van der Waals surface area contributed by atoms with Crippen molar-refractivity contribution in [2.24, 2.45) is 0 Å². The number of aromatic hydroxyl groups is 1. The molecule has 1 atom stereocenters. The Morgan fingerprint density at radius 1 is 1.32 bits per heavy atom. The largest absolute Gasteiger partial charge is 0.508 e. The van der Waals surface area contributed by atoms with Crippen LogP contribution in [0.15, 0.2) is 48.8 Å². The number of benzene rings is 1. The molecule has 0 aliphatic heterocycles. The van der Waals surface area contributed by atoms with Gasteiger partial charge in [0.25, 0.3) is 0 Å². The van der Waals surface area contributed by atoms with Gasteiger partial charge in [0.1, 0.15) is 11.5 Å². The lowest BCUT2D eigenvalue weighted by Gasteiger charge is -2.16. The number of pyridine rings is 1. The molecule has 2 rings (SSSR count).